The van der Waals surface area contributed by atoms with Crippen molar-refractivity contribution in [3.63, 3.8) is 0 Å². The fourth-order valence-electron chi connectivity index (χ4n) is 4.67. The predicted octanol–water partition coefficient (Wildman–Crippen LogP) is 5.35. The molecule has 3 heteroatoms. The highest BCUT2D eigenvalue weighted by Gasteiger charge is 2.61. The van der Waals surface area contributed by atoms with Crippen LogP contribution in [0.4, 0.5) is 5.69 Å². The summed E-state index contributed by atoms with van der Waals surface area (Å²) in [6.45, 7) is 15.3. The van der Waals surface area contributed by atoms with Gasteiger partial charge in [-0.05, 0) is 50.4 Å². The van der Waals surface area contributed by atoms with E-state index in [1.54, 1.807) is 0 Å². The standard InChI is InChI=1S/C21H29BrN2/c1-7-20(4,5)21-11-13-23(6)19(21)24(12-10-15(2)3)18-14-16(22)8-9-17(18)21/h7-10,14,19H,1,11-13H2,2-6H3/t19-,21-/m1/s1. The van der Waals surface area contributed by atoms with Gasteiger partial charge in [0.25, 0.3) is 0 Å². The zero-order valence-corrected chi connectivity index (χ0v) is 17.2. The molecule has 0 spiro atoms. The topological polar surface area (TPSA) is 6.48 Å². The van der Waals surface area contributed by atoms with Crippen LogP contribution in [-0.2, 0) is 5.41 Å². The van der Waals surface area contributed by atoms with E-state index >= 15 is 0 Å². The van der Waals surface area contributed by atoms with Gasteiger partial charge in [-0.15, -0.1) is 6.58 Å². The average molecular weight is 389 g/mol. The summed E-state index contributed by atoms with van der Waals surface area (Å²) in [4.78, 5) is 5.11. The fourth-order valence-corrected chi connectivity index (χ4v) is 5.02. The van der Waals surface area contributed by atoms with E-state index < -0.39 is 0 Å². The third-order valence-electron chi connectivity index (χ3n) is 6.12. The van der Waals surface area contributed by atoms with E-state index in [9.17, 15) is 0 Å². The van der Waals surface area contributed by atoms with E-state index in [2.05, 4.69) is 97.4 Å². The molecule has 0 saturated carbocycles. The Balaban J connectivity index is 2.23. The number of halogens is 1. The van der Waals surface area contributed by atoms with Crippen LogP contribution < -0.4 is 4.90 Å². The van der Waals surface area contributed by atoms with Crippen LogP contribution in [0.3, 0.4) is 0 Å². The van der Waals surface area contributed by atoms with Crippen LogP contribution in [0.15, 0.2) is 47.0 Å². The molecule has 2 atom stereocenters. The maximum atomic E-state index is 4.19. The Morgan fingerprint density at radius 2 is 2.12 bits per heavy atom. The molecule has 130 valence electrons. The number of rotatable bonds is 4. The van der Waals surface area contributed by atoms with Gasteiger partial charge < -0.3 is 4.90 Å². The highest BCUT2D eigenvalue weighted by molar-refractivity contribution is 9.10. The van der Waals surface area contributed by atoms with Crippen molar-refractivity contribution in [2.75, 3.05) is 25.0 Å². The first kappa shape index (κ1) is 17.8. The fraction of sp³-hybridized carbons (Fsp3) is 0.524. The molecule has 1 aromatic carbocycles. The number of hydrogen-bond donors (Lipinski definition) is 0. The van der Waals surface area contributed by atoms with Crippen LogP contribution in [0.1, 0.15) is 39.7 Å². The summed E-state index contributed by atoms with van der Waals surface area (Å²) in [7, 11) is 2.27. The summed E-state index contributed by atoms with van der Waals surface area (Å²) in [5.74, 6) is 0. The van der Waals surface area contributed by atoms with Gasteiger partial charge in [-0.2, -0.15) is 0 Å². The van der Waals surface area contributed by atoms with E-state index in [0.29, 0.717) is 6.17 Å². The second-order valence-electron chi connectivity index (χ2n) is 8.10. The Morgan fingerprint density at radius 1 is 1.42 bits per heavy atom. The van der Waals surface area contributed by atoms with E-state index in [1.165, 1.54) is 23.2 Å². The summed E-state index contributed by atoms with van der Waals surface area (Å²) in [5, 5.41) is 0. The van der Waals surface area contributed by atoms with Gasteiger partial charge in [-0.1, -0.05) is 53.6 Å². The molecule has 1 saturated heterocycles. The number of hydrogen-bond acceptors (Lipinski definition) is 2. The van der Waals surface area contributed by atoms with Gasteiger partial charge in [0, 0.05) is 28.7 Å². The van der Waals surface area contributed by atoms with Crippen molar-refractivity contribution < 1.29 is 0 Å². The second-order valence-corrected chi connectivity index (χ2v) is 9.01. The van der Waals surface area contributed by atoms with Gasteiger partial charge in [0.2, 0.25) is 0 Å². The molecule has 1 fully saturated rings. The molecule has 0 unspecified atom stereocenters. The molecule has 0 bridgehead atoms. The van der Waals surface area contributed by atoms with Gasteiger partial charge in [0.1, 0.15) is 0 Å². The SMILES string of the molecule is C=CC(C)(C)[C@@]12CCN(C)[C@@H]1N(CC=C(C)C)c1cc(Br)ccc12. The van der Waals surface area contributed by atoms with Crippen molar-refractivity contribution in [3.05, 3.63) is 52.5 Å². The van der Waals surface area contributed by atoms with Crippen LogP contribution in [0, 0.1) is 5.41 Å². The Bertz CT molecular complexity index is 687. The lowest BCUT2D eigenvalue weighted by Crippen LogP contribution is -2.54. The third-order valence-corrected chi connectivity index (χ3v) is 6.61. The summed E-state index contributed by atoms with van der Waals surface area (Å²) in [6, 6.07) is 6.82. The molecule has 24 heavy (non-hydrogen) atoms. The van der Waals surface area contributed by atoms with Crippen LogP contribution >= 0.6 is 15.9 Å². The maximum Gasteiger partial charge on any atom is 0.0929 e. The molecule has 2 nitrogen and oxygen atoms in total. The molecule has 2 aliphatic heterocycles. The van der Waals surface area contributed by atoms with Crippen molar-refractivity contribution in [3.8, 4) is 0 Å². The molecule has 1 aromatic rings. The van der Waals surface area contributed by atoms with Crippen LogP contribution in [-0.4, -0.2) is 31.2 Å². The molecule has 3 rings (SSSR count). The normalized spacial score (nSPS) is 26.2. The van der Waals surface area contributed by atoms with Crippen LogP contribution in [0.5, 0.6) is 0 Å². The Morgan fingerprint density at radius 3 is 2.75 bits per heavy atom. The number of likely N-dealkylation sites (tertiary alicyclic amines) is 1. The van der Waals surface area contributed by atoms with Crippen molar-refractivity contribution in [1.29, 1.82) is 0 Å². The van der Waals surface area contributed by atoms with Crippen LogP contribution in [0.25, 0.3) is 0 Å². The minimum atomic E-state index is 0.0325. The van der Waals surface area contributed by atoms with Crippen molar-refractivity contribution >= 4 is 21.6 Å². The molecule has 0 aliphatic carbocycles. The Hall–Kier alpha value is -1.06. The zero-order chi connectivity index (χ0) is 17.7. The van der Waals surface area contributed by atoms with E-state index in [1.807, 2.05) is 0 Å². The van der Waals surface area contributed by atoms with Gasteiger partial charge in [0.15, 0.2) is 0 Å². The highest BCUT2D eigenvalue weighted by Crippen LogP contribution is 2.60. The molecule has 0 radical (unpaired) electrons. The largest absolute Gasteiger partial charge is 0.351 e. The van der Waals surface area contributed by atoms with Gasteiger partial charge in [0.05, 0.1) is 6.17 Å². The molecule has 2 heterocycles. The lowest BCUT2D eigenvalue weighted by Gasteiger charge is -2.45. The lowest BCUT2D eigenvalue weighted by molar-refractivity contribution is 0.161. The number of nitrogens with zero attached hydrogens (tertiary/aromatic N) is 2. The summed E-state index contributed by atoms with van der Waals surface area (Å²) >= 11 is 3.68. The maximum absolute atomic E-state index is 4.19. The lowest BCUT2D eigenvalue weighted by atomic mass is 9.60. The average Bonchev–Trinajstić information content (AvgIpc) is 3.00. The highest BCUT2D eigenvalue weighted by atomic mass is 79.9. The number of anilines is 1. The monoisotopic (exact) mass is 388 g/mol. The van der Waals surface area contributed by atoms with Gasteiger partial charge in [-0.3, -0.25) is 4.90 Å². The molecular formula is C21H29BrN2. The number of fused-ring (bicyclic) bond motifs is 3. The first-order chi connectivity index (χ1) is 11.2. The summed E-state index contributed by atoms with van der Waals surface area (Å²) < 4.78 is 1.15. The van der Waals surface area contributed by atoms with E-state index in [4.69, 9.17) is 0 Å². The van der Waals surface area contributed by atoms with E-state index in [-0.39, 0.29) is 10.8 Å². The predicted molar refractivity (Wildman–Crippen MR) is 108 cm³/mol. The first-order valence-electron chi connectivity index (χ1n) is 8.78. The minimum absolute atomic E-state index is 0.0325. The molecule has 0 amide bonds. The Kier molecular flexibility index (Phi) is 4.46. The van der Waals surface area contributed by atoms with Crippen LogP contribution in [0.2, 0.25) is 0 Å². The molecular weight excluding hydrogens is 360 g/mol. The second kappa shape index (κ2) is 6.03. The minimum Gasteiger partial charge on any atom is -0.351 e. The third kappa shape index (κ3) is 2.40. The zero-order valence-electron chi connectivity index (χ0n) is 15.6. The van der Waals surface area contributed by atoms with Gasteiger partial charge in [-0.25, -0.2) is 0 Å². The van der Waals surface area contributed by atoms with E-state index in [0.717, 1.165) is 17.6 Å². The quantitative estimate of drug-likeness (QED) is 0.641. The molecule has 2 aliphatic rings. The van der Waals surface area contributed by atoms with Gasteiger partial charge >= 0.3 is 0 Å². The number of benzene rings is 1. The summed E-state index contributed by atoms with van der Waals surface area (Å²) in [6.07, 6.45) is 6.06. The summed E-state index contributed by atoms with van der Waals surface area (Å²) in [5.41, 5.74) is 4.34. The first-order valence-corrected chi connectivity index (χ1v) is 9.58. The van der Waals surface area contributed by atoms with Crippen molar-refractivity contribution in [2.24, 2.45) is 5.41 Å². The molecule has 0 aromatic heterocycles. The number of likely N-dealkylation sites (N-methyl/N-ethyl adjacent to an activating group) is 1. The van der Waals surface area contributed by atoms with Crippen molar-refractivity contribution in [1.82, 2.24) is 4.90 Å². The molecule has 0 N–H and O–H groups in total. The smallest absolute Gasteiger partial charge is 0.0929 e. The van der Waals surface area contributed by atoms with Crippen molar-refractivity contribution in [2.45, 2.75) is 45.7 Å². The Labute approximate surface area is 155 Å². The number of allylic oxidation sites excluding steroid dienone is 2.